The van der Waals surface area contributed by atoms with Gasteiger partial charge < -0.3 is 15.0 Å². The molecular formula is C21H25N3O2. The van der Waals surface area contributed by atoms with Crippen LogP contribution < -0.4 is 5.32 Å². The van der Waals surface area contributed by atoms with Gasteiger partial charge in [0.15, 0.2) is 0 Å². The second-order valence-electron chi connectivity index (χ2n) is 6.58. The summed E-state index contributed by atoms with van der Waals surface area (Å²) in [5.74, 6) is 0.933. The summed E-state index contributed by atoms with van der Waals surface area (Å²) in [6.45, 7) is 2.99. The topological polar surface area (TPSA) is 67.2 Å². The molecule has 2 N–H and O–H groups in total. The zero-order valence-electron chi connectivity index (χ0n) is 15.1. The van der Waals surface area contributed by atoms with Crippen molar-refractivity contribution in [2.24, 2.45) is 0 Å². The molecule has 3 rings (SSSR count). The number of fused-ring (bicyclic) bond motifs is 1. The first-order valence-corrected chi connectivity index (χ1v) is 9.06. The molecule has 0 radical (unpaired) electrons. The highest BCUT2D eigenvalue weighted by Gasteiger charge is 2.11. The number of hydrogen-bond acceptors (Lipinski definition) is 3. The lowest BCUT2D eigenvalue weighted by Crippen LogP contribution is -2.27. The van der Waals surface area contributed by atoms with Gasteiger partial charge in [-0.3, -0.25) is 4.79 Å². The van der Waals surface area contributed by atoms with E-state index >= 15 is 0 Å². The molecule has 0 fully saturated rings. The number of rotatable bonds is 8. The van der Waals surface area contributed by atoms with Crippen LogP contribution in [0.3, 0.4) is 0 Å². The molecule has 1 aromatic heterocycles. The molecule has 0 saturated carbocycles. The predicted octanol–water partition coefficient (Wildman–Crippen LogP) is 2.90. The summed E-state index contributed by atoms with van der Waals surface area (Å²) in [4.78, 5) is 16.6. The molecule has 1 heterocycles. The van der Waals surface area contributed by atoms with Gasteiger partial charge >= 0.3 is 0 Å². The molecule has 1 atom stereocenters. The first-order chi connectivity index (χ1) is 12.6. The number of aliphatic hydroxyl groups excluding tert-OH is 1. The van der Waals surface area contributed by atoms with Gasteiger partial charge in [0.2, 0.25) is 5.91 Å². The molecule has 0 saturated heterocycles. The maximum Gasteiger partial charge on any atom is 0.220 e. The lowest BCUT2D eigenvalue weighted by molar-refractivity contribution is -0.121. The van der Waals surface area contributed by atoms with E-state index in [1.54, 1.807) is 6.92 Å². The number of carbonyl (C=O) groups excluding carboxylic acids is 1. The first-order valence-electron chi connectivity index (χ1n) is 9.06. The Balaban J connectivity index is 1.71. The quantitative estimate of drug-likeness (QED) is 0.656. The molecule has 0 aliphatic carbocycles. The number of benzene rings is 2. The summed E-state index contributed by atoms with van der Waals surface area (Å²) in [6, 6.07) is 18.4. The number of hydrogen-bond donors (Lipinski definition) is 2. The van der Waals surface area contributed by atoms with E-state index in [2.05, 4.69) is 28.1 Å². The average molecular weight is 351 g/mol. The Morgan fingerprint density at radius 3 is 2.65 bits per heavy atom. The fourth-order valence-corrected chi connectivity index (χ4v) is 3.00. The number of nitrogens with one attached hydrogen (secondary N) is 1. The van der Waals surface area contributed by atoms with Gasteiger partial charge in [-0.1, -0.05) is 42.5 Å². The molecule has 26 heavy (non-hydrogen) atoms. The van der Waals surface area contributed by atoms with Crippen LogP contribution in [0.25, 0.3) is 11.0 Å². The third kappa shape index (κ3) is 4.70. The summed E-state index contributed by atoms with van der Waals surface area (Å²) in [5, 5.41) is 12.2. The minimum absolute atomic E-state index is 0.0309. The number of aromatic nitrogens is 2. The second kappa shape index (κ2) is 8.63. The van der Waals surface area contributed by atoms with Gasteiger partial charge in [0.1, 0.15) is 5.82 Å². The van der Waals surface area contributed by atoms with E-state index in [0.29, 0.717) is 25.8 Å². The van der Waals surface area contributed by atoms with E-state index in [9.17, 15) is 9.90 Å². The van der Waals surface area contributed by atoms with E-state index < -0.39 is 6.10 Å². The molecule has 3 aromatic rings. The number of para-hydroxylation sites is 2. The Bertz CT molecular complexity index is 856. The van der Waals surface area contributed by atoms with Crippen molar-refractivity contribution in [3.05, 3.63) is 66.0 Å². The van der Waals surface area contributed by atoms with Crippen molar-refractivity contribution in [2.75, 3.05) is 6.54 Å². The summed E-state index contributed by atoms with van der Waals surface area (Å²) in [6.07, 6.45) is 1.05. The van der Waals surface area contributed by atoms with Gasteiger partial charge in [-0.15, -0.1) is 0 Å². The van der Waals surface area contributed by atoms with E-state index in [1.807, 2.05) is 36.4 Å². The van der Waals surface area contributed by atoms with Gasteiger partial charge in [0.05, 0.1) is 17.1 Å². The highest BCUT2D eigenvalue weighted by molar-refractivity contribution is 5.76. The fourth-order valence-electron chi connectivity index (χ4n) is 3.00. The summed E-state index contributed by atoms with van der Waals surface area (Å²) in [5.41, 5.74) is 3.29. The number of nitrogens with zero attached hydrogens (tertiary/aromatic N) is 2. The van der Waals surface area contributed by atoms with Crippen LogP contribution in [0.5, 0.6) is 0 Å². The smallest absolute Gasteiger partial charge is 0.220 e. The van der Waals surface area contributed by atoms with Gasteiger partial charge in [-0.2, -0.15) is 0 Å². The Hall–Kier alpha value is -2.66. The number of amides is 1. The van der Waals surface area contributed by atoms with Gasteiger partial charge in [-0.25, -0.2) is 4.98 Å². The van der Waals surface area contributed by atoms with Crippen LogP contribution in [0.2, 0.25) is 0 Å². The van der Waals surface area contributed by atoms with Crippen molar-refractivity contribution in [3.63, 3.8) is 0 Å². The van der Waals surface area contributed by atoms with Crippen molar-refractivity contribution in [3.8, 4) is 0 Å². The Morgan fingerprint density at radius 1 is 1.15 bits per heavy atom. The molecule has 0 aliphatic heterocycles. The molecule has 5 nitrogen and oxygen atoms in total. The molecule has 5 heteroatoms. The maximum absolute atomic E-state index is 11.8. The number of imidazole rings is 1. The summed E-state index contributed by atoms with van der Waals surface area (Å²) < 4.78 is 2.21. The molecule has 0 spiro atoms. The van der Waals surface area contributed by atoms with Crippen LogP contribution in [0.4, 0.5) is 0 Å². The van der Waals surface area contributed by atoms with Crippen molar-refractivity contribution in [1.82, 2.24) is 14.9 Å². The zero-order valence-corrected chi connectivity index (χ0v) is 15.1. The van der Waals surface area contributed by atoms with Crippen molar-refractivity contribution < 1.29 is 9.90 Å². The molecular weight excluding hydrogens is 326 g/mol. The summed E-state index contributed by atoms with van der Waals surface area (Å²) in [7, 11) is 0. The van der Waals surface area contributed by atoms with E-state index in [1.165, 1.54) is 5.56 Å². The molecule has 0 unspecified atom stereocenters. The molecule has 136 valence electrons. The lowest BCUT2D eigenvalue weighted by Gasteiger charge is -2.10. The van der Waals surface area contributed by atoms with Crippen molar-refractivity contribution in [2.45, 2.75) is 38.8 Å². The normalized spacial score (nSPS) is 12.2. The standard InChI is InChI=1S/C21H25N3O2/c1-16(25)11-12-21(26)22-14-13-20-23-18-9-5-6-10-19(18)24(20)15-17-7-3-2-4-8-17/h2-10,16,25H,11-15H2,1H3,(H,22,26)/t16-/m0/s1. The van der Waals surface area contributed by atoms with Crippen LogP contribution in [-0.4, -0.2) is 33.2 Å². The minimum atomic E-state index is -0.448. The fraction of sp³-hybridized carbons (Fsp3) is 0.333. The molecule has 0 bridgehead atoms. The predicted molar refractivity (Wildman–Crippen MR) is 103 cm³/mol. The SMILES string of the molecule is C[C@H](O)CCC(=O)NCCc1nc2ccccc2n1Cc1ccccc1. The average Bonchev–Trinajstić information content (AvgIpc) is 2.98. The first kappa shape index (κ1) is 18.1. The van der Waals surface area contributed by atoms with Gasteiger partial charge in [-0.05, 0) is 31.0 Å². The second-order valence-corrected chi connectivity index (χ2v) is 6.58. The monoisotopic (exact) mass is 351 g/mol. The zero-order chi connectivity index (χ0) is 18.4. The van der Waals surface area contributed by atoms with E-state index in [-0.39, 0.29) is 5.91 Å². The van der Waals surface area contributed by atoms with E-state index in [0.717, 1.165) is 23.4 Å². The van der Waals surface area contributed by atoms with Gasteiger partial charge in [0, 0.05) is 25.9 Å². The van der Waals surface area contributed by atoms with Crippen LogP contribution >= 0.6 is 0 Å². The largest absolute Gasteiger partial charge is 0.393 e. The third-order valence-electron chi connectivity index (χ3n) is 4.38. The van der Waals surface area contributed by atoms with Crippen LogP contribution in [0.1, 0.15) is 31.2 Å². The van der Waals surface area contributed by atoms with Crippen molar-refractivity contribution >= 4 is 16.9 Å². The Morgan fingerprint density at radius 2 is 1.88 bits per heavy atom. The van der Waals surface area contributed by atoms with Crippen LogP contribution in [0, 0.1) is 0 Å². The molecule has 1 amide bonds. The molecule has 0 aliphatic rings. The van der Waals surface area contributed by atoms with Gasteiger partial charge in [0.25, 0.3) is 0 Å². The highest BCUT2D eigenvalue weighted by Crippen LogP contribution is 2.18. The van der Waals surface area contributed by atoms with Crippen molar-refractivity contribution in [1.29, 1.82) is 0 Å². The molecule has 2 aromatic carbocycles. The third-order valence-corrected chi connectivity index (χ3v) is 4.38. The van der Waals surface area contributed by atoms with E-state index in [4.69, 9.17) is 4.98 Å². The van der Waals surface area contributed by atoms with Crippen LogP contribution in [-0.2, 0) is 17.8 Å². The maximum atomic E-state index is 11.8. The number of aliphatic hydroxyl groups is 1. The number of carbonyl (C=O) groups is 1. The minimum Gasteiger partial charge on any atom is -0.393 e. The Labute approximate surface area is 153 Å². The highest BCUT2D eigenvalue weighted by atomic mass is 16.3. The lowest BCUT2D eigenvalue weighted by atomic mass is 10.2. The van der Waals surface area contributed by atoms with Crippen LogP contribution in [0.15, 0.2) is 54.6 Å². The Kier molecular flexibility index (Phi) is 6.02. The summed E-state index contributed by atoms with van der Waals surface area (Å²) >= 11 is 0.